The van der Waals surface area contributed by atoms with E-state index < -0.39 is 18.4 Å². The van der Waals surface area contributed by atoms with Crippen LogP contribution in [0.4, 0.5) is 8.78 Å². The summed E-state index contributed by atoms with van der Waals surface area (Å²) in [5.74, 6) is -0.494. The number of carbonyl (C=O) groups excluding carboxylic acids is 1. The molecule has 0 fully saturated rings. The lowest BCUT2D eigenvalue weighted by atomic mass is 10.0. The van der Waals surface area contributed by atoms with E-state index in [2.05, 4.69) is 15.1 Å². The molecule has 3 aromatic heterocycles. The Morgan fingerprint density at radius 3 is 2.97 bits per heavy atom. The number of hydrogen-bond donors (Lipinski definition) is 1. The van der Waals surface area contributed by atoms with Crippen molar-refractivity contribution in [2.24, 2.45) is 7.05 Å². The number of fused-ring (bicyclic) bond motifs is 2. The number of rotatable bonds is 3. The Morgan fingerprint density at radius 1 is 1.34 bits per heavy atom. The van der Waals surface area contributed by atoms with Crippen molar-refractivity contribution in [2.75, 3.05) is 6.54 Å². The standard InChI is InChI=1S/C19H16F2N6OS/c1-26-15(17(20)21)10(8-24-26)19(28)27-7-6-12-14(23-9-22-12)16(27)18-25-11-4-2-3-5-13(11)29-18/h2-5,8-9,16-17H,6-7H2,1H3,(H,22,23)/t16-/m0/s1. The van der Waals surface area contributed by atoms with Crippen molar-refractivity contribution >= 4 is 27.5 Å². The number of aromatic nitrogens is 5. The molecule has 5 rings (SSSR count). The van der Waals surface area contributed by atoms with E-state index in [-0.39, 0.29) is 11.3 Å². The van der Waals surface area contributed by atoms with Crippen molar-refractivity contribution < 1.29 is 13.6 Å². The number of benzene rings is 1. The Hall–Kier alpha value is -3.14. The van der Waals surface area contributed by atoms with Crippen molar-refractivity contribution in [1.29, 1.82) is 0 Å². The fourth-order valence-electron chi connectivity index (χ4n) is 3.78. The SMILES string of the molecule is Cn1ncc(C(=O)N2CCc3[nH]cnc3[C@H]2c2nc3ccccc3s2)c1C(F)F. The van der Waals surface area contributed by atoms with Gasteiger partial charge in [-0.3, -0.25) is 9.48 Å². The molecular formula is C19H16F2N6OS. The first-order chi connectivity index (χ1) is 14.0. The summed E-state index contributed by atoms with van der Waals surface area (Å²) in [5.41, 5.74) is 1.99. The van der Waals surface area contributed by atoms with Crippen LogP contribution in [0.3, 0.4) is 0 Å². The van der Waals surface area contributed by atoms with Gasteiger partial charge in [-0.05, 0) is 12.1 Å². The number of aromatic amines is 1. The summed E-state index contributed by atoms with van der Waals surface area (Å²) in [6.07, 6.45) is 0.563. The largest absolute Gasteiger partial charge is 0.348 e. The van der Waals surface area contributed by atoms with Crippen LogP contribution < -0.4 is 0 Å². The number of H-pyrrole nitrogens is 1. The number of nitrogens with one attached hydrogen (secondary N) is 1. The molecule has 0 spiro atoms. The van der Waals surface area contributed by atoms with Gasteiger partial charge in [0.1, 0.15) is 16.7 Å². The van der Waals surface area contributed by atoms with Gasteiger partial charge in [0.15, 0.2) is 0 Å². The fourth-order valence-corrected chi connectivity index (χ4v) is 4.86. The van der Waals surface area contributed by atoms with E-state index >= 15 is 0 Å². The molecule has 0 saturated heterocycles. The van der Waals surface area contributed by atoms with Gasteiger partial charge in [0, 0.05) is 25.7 Å². The molecule has 4 aromatic rings. The maximum atomic E-state index is 13.5. The monoisotopic (exact) mass is 414 g/mol. The maximum absolute atomic E-state index is 13.5. The first-order valence-electron chi connectivity index (χ1n) is 9.03. The summed E-state index contributed by atoms with van der Waals surface area (Å²) >= 11 is 1.47. The second-order valence-corrected chi connectivity index (χ2v) is 7.87. The van der Waals surface area contributed by atoms with Gasteiger partial charge in [-0.2, -0.15) is 5.10 Å². The molecule has 0 unspecified atom stereocenters. The molecule has 1 aliphatic rings. The van der Waals surface area contributed by atoms with E-state index in [0.717, 1.165) is 20.6 Å². The predicted molar refractivity (Wildman–Crippen MR) is 103 cm³/mol. The first-order valence-corrected chi connectivity index (χ1v) is 9.85. The molecule has 148 valence electrons. The molecule has 10 heteroatoms. The molecule has 0 bridgehead atoms. The minimum Gasteiger partial charge on any atom is -0.348 e. The molecular weight excluding hydrogens is 398 g/mol. The van der Waals surface area contributed by atoms with Crippen molar-refractivity contribution in [1.82, 2.24) is 29.6 Å². The number of halogens is 2. The lowest BCUT2D eigenvalue weighted by molar-refractivity contribution is 0.0677. The average molecular weight is 414 g/mol. The highest BCUT2D eigenvalue weighted by Crippen LogP contribution is 2.38. The average Bonchev–Trinajstić information content (AvgIpc) is 3.43. The molecule has 1 amide bonds. The van der Waals surface area contributed by atoms with Crippen LogP contribution in [0.25, 0.3) is 10.2 Å². The maximum Gasteiger partial charge on any atom is 0.280 e. The van der Waals surface area contributed by atoms with Crippen LogP contribution in [0.5, 0.6) is 0 Å². The third-order valence-electron chi connectivity index (χ3n) is 5.15. The summed E-state index contributed by atoms with van der Waals surface area (Å²) in [4.78, 5) is 27.2. The summed E-state index contributed by atoms with van der Waals surface area (Å²) in [6, 6.07) is 7.16. The van der Waals surface area contributed by atoms with Gasteiger partial charge in [-0.15, -0.1) is 11.3 Å². The van der Waals surface area contributed by atoms with Gasteiger partial charge < -0.3 is 9.88 Å². The zero-order chi connectivity index (χ0) is 20.1. The van der Waals surface area contributed by atoms with Crippen LogP contribution in [0.2, 0.25) is 0 Å². The summed E-state index contributed by atoms with van der Waals surface area (Å²) < 4.78 is 29.1. The van der Waals surface area contributed by atoms with Crippen molar-refractivity contribution in [3.8, 4) is 0 Å². The number of para-hydroxylation sites is 1. The quantitative estimate of drug-likeness (QED) is 0.557. The highest BCUT2D eigenvalue weighted by Gasteiger charge is 2.38. The number of carbonyl (C=O) groups is 1. The molecule has 4 heterocycles. The first kappa shape index (κ1) is 17.9. The summed E-state index contributed by atoms with van der Waals surface area (Å²) in [7, 11) is 1.41. The summed E-state index contributed by atoms with van der Waals surface area (Å²) in [6.45, 7) is 0.367. The number of alkyl halides is 2. The Labute approximate surface area is 168 Å². The van der Waals surface area contributed by atoms with Crippen LogP contribution in [0, 0.1) is 0 Å². The number of thiazole rings is 1. The molecule has 1 N–H and O–H groups in total. The smallest absolute Gasteiger partial charge is 0.280 e. The second kappa shape index (κ2) is 6.73. The van der Waals surface area contributed by atoms with Crippen LogP contribution in [0.15, 0.2) is 36.8 Å². The summed E-state index contributed by atoms with van der Waals surface area (Å²) in [5, 5.41) is 4.58. The van der Waals surface area contributed by atoms with Gasteiger partial charge in [-0.25, -0.2) is 18.7 Å². The van der Waals surface area contributed by atoms with Gasteiger partial charge >= 0.3 is 0 Å². The molecule has 1 aliphatic heterocycles. The predicted octanol–water partition coefficient (Wildman–Crippen LogP) is 3.48. The van der Waals surface area contributed by atoms with E-state index in [1.807, 2.05) is 24.3 Å². The minimum atomic E-state index is -2.80. The van der Waals surface area contributed by atoms with E-state index in [0.29, 0.717) is 23.7 Å². The van der Waals surface area contributed by atoms with Gasteiger partial charge in [0.25, 0.3) is 12.3 Å². The van der Waals surface area contributed by atoms with Crippen molar-refractivity contribution in [3.63, 3.8) is 0 Å². The Bertz CT molecular complexity index is 1180. The van der Waals surface area contributed by atoms with Crippen LogP contribution >= 0.6 is 11.3 Å². The van der Waals surface area contributed by atoms with E-state index in [4.69, 9.17) is 4.98 Å². The molecule has 7 nitrogen and oxygen atoms in total. The molecule has 0 radical (unpaired) electrons. The zero-order valence-electron chi connectivity index (χ0n) is 15.3. The van der Waals surface area contributed by atoms with Gasteiger partial charge in [0.05, 0.1) is 34.0 Å². The molecule has 0 aliphatic carbocycles. The topological polar surface area (TPSA) is 79.7 Å². The fraction of sp³-hybridized carbons (Fsp3) is 0.263. The van der Waals surface area contributed by atoms with Crippen LogP contribution in [-0.2, 0) is 13.5 Å². The van der Waals surface area contributed by atoms with Crippen LogP contribution in [-0.4, -0.2) is 42.1 Å². The number of nitrogens with zero attached hydrogens (tertiary/aromatic N) is 5. The number of aryl methyl sites for hydroxylation is 1. The molecule has 1 atom stereocenters. The van der Waals surface area contributed by atoms with E-state index in [1.165, 1.54) is 24.6 Å². The highest BCUT2D eigenvalue weighted by molar-refractivity contribution is 7.18. The number of amides is 1. The third-order valence-corrected chi connectivity index (χ3v) is 6.24. The Morgan fingerprint density at radius 2 is 2.17 bits per heavy atom. The second-order valence-electron chi connectivity index (χ2n) is 6.81. The normalized spacial score (nSPS) is 16.6. The molecule has 0 saturated carbocycles. The van der Waals surface area contributed by atoms with Crippen LogP contribution in [0.1, 0.15) is 44.9 Å². The minimum absolute atomic E-state index is 0.0902. The molecule has 1 aromatic carbocycles. The van der Waals surface area contributed by atoms with Gasteiger partial charge in [0.2, 0.25) is 0 Å². The third kappa shape index (κ3) is 2.82. The van der Waals surface area contributed by atoms with E-state index in [9.17, 15) is 13.6 Å². The highest BCUT2D eigenvalue weighted by atomic mass is 32.1. The molecule has 29 heavy (non-hydrogen) atoms. The van der Waals surface area contributed by atoms with E-state index in [1.54, 1.807) is 11.2 Å². The Balaban J connectivity index is 1.63. The number of imidazole rings is 1. The lowest BCUT2D eigenvalue weighted by Crippen LogP contribution is -2.41. The van der Waals surface area contributed by atoms with Crippen molar-refractivity contribution in [3.05, 3.63) is 64.4 Å². The van der Waals surface area contributed by atoms with Gasteiger partial charge in [-0.1, -0.05) is 12.1 Å². The van der Waals surface area contributed by atoms with Crippen molar-refractivity contribution in [2.45, 2.75) is 18.9 Å². The zero-order valence-corrected chi connectivity index (χ0v) is 16.2. The number of hydrogen-bond acceptors (Lipinski definition) is 5. The Kier molecular flexibility index (Phi) is 4.16. The lowest BCUT2D eigenvalue weighted by Gasteiger charge is -2.33.